The molecule has 100 valence electrons. The van der Waals surface area contributed by atoms with Crippen LogP contribution in [0.5, 0.6) is 0 Å². The highest BCUT2D eigenvalue weighted by atomic mass is 16.6. The van der Waals surface area contributed by atoms with Crippen molar-refractivity contribution in [3.8, 4) is 11.3 Å². The molecule has 0 saturated heterocycles. The van der Waals surface area contributed by atoms with Crippen molar-refractivity contribution in [1.29, 1.82) is 0 Å². The number of imidazole rings is 1. The van der Waals surface area contributed by atoms with Crippen LogP contribution in [0.4, 0.5) is 5.69 Å². The molecule has 0 atom stereocenters. The number of nitro groups is 1. The fraction of sp³-hybridized carbons (Fsp3) is 0.0714. The quantitative estimate of drug-likeness (QED) is 0.584. The number of rotatable bonds is 3. The molecule has 20 heavy (non-hydrogen) atoms. The molecule has 0 fully saturated rings. The molecule has 2 heterocycles. The summed E-state index contributed by atoms with van der Waals surface area (Å²) in [6, 6.07) is 9.87. The van der Waals surface area contributed by atoms with Crippen LogP contribution in [-0.2, 0) is 6.61 Å². The van der Waals surface area contributed by atoms with Crippen LogP contribution in [0, 0.1) is 10.1 Å². The molecular weight excluding hydrogens is 258 g/mol. The van der Waals surface area contributed by atoms with Gasteiger partial charge in [-0.05, 0) is 29.8 Å². The Bertz CT molecular complexity index is 778. The normalized spacial score (nSPS) is 10.8. The lowest BCUT2D eigenvalue weighted by Gasteiger charge is -1.95. The number of pyridine rings is 1. The van der Waals surface area contributed by atoms with E-state index in [1.54, 1.807) is 18.2 Å². The predicted octanol–water partition coefficient (Wildman–Crippen LogP) is 2.40. The largest absolute Gasteiger partial charge is 0.392 e. The molecule has 1 N–H and O–H groups in total. The van der Waals surface area contributed by atoms with E-state index in [4.69, 9.17) is 5.11 Å². The van der Waals surface area contributed by atoms with Gasteiger partial charge in [-0.1, -0.05) is 0 Å². The van der Waals surface area contributed by atoms with Crippen LogP contribution < -0.4 is 0 Å². The van der Waals surface area contributed by atoms with Gasteiger partial charge in [0, 0.05) is 30.1 Å². The number of aliphatic hydroxyl groups excluding tert-OH is 1. The van der Waals surface area contributed by atoms with E-state index in [-0.39, 0.29) is 12.3 Å². The van der Waals surface area contributed by atoms with Crippen molar-refractivity contribution in [2.24, 2.45) is 0 Å². The van der Waals surface area contributed by atoms with Gasteiger partial charge in [-0.2, -0.15) is 0 Å². The maximum absolute atomic E-state index is 10.6. The maximum atomic E-state index is 10.6. The van der Waals surface area contributed by atoms with E-state index in [1.807, 2.05) is 22.9 Å². The summed E-state index contributed by atoms with van der Waals surface area (Å²) in [6.07, 6.45) is 3.67. The lowest BCUT2D eigenvalue weighted by Crippen LogP contribution is -1.87. The number of benzene rings is 1. The van der Waals surface area contributed by atoms with E-state index in [1.165, 1.54) is 12.1 Å². The van der Waals surface area contributed by atoms with Crippen LogP contribution >= 0.6 is 0 Å². The zero-order chi connectivity index (χ0) is 14.1. The number of non-ortho nitro benzene ring substituents is 1. The molecule has 2 aromatic heterocycles. The molecule has 0 spiro atoms. The van der Waals surface area contributed by atoms with Gasteiger partial charge < -0.3 is 9.51 Å². The second-order valence-electron chi connectivity index (χ2n) is 4.39. The van der Waals surface area contributed by atoms with Gasteiger partial charge in [0.15, 0.2) is 0 Å². The van der Waals surface area contributed by atoms with Gasteiger partial charge in [0.2, 0.25) is 0 Å². The van der Waals surface area contributed by atoms with Crippen LogP contribution in [-0.4, -0.2) is 19.4 Å². The molecule has 3 aromatic rings. The predicted molar refractivity (Wildman–Crippen MR) is 73.2 cm³/mol. The SMILES string of the molecule is O=[N+]([O-])c1ccc(-c2cn3ccc(CO)cc3n2)cc1. The molecule has 0 aliphatic heterocycles. The molecule has 0 unspecified atom stereocenters. The summed E-state index contributed by atoms with van der Waals surface area (Å²) < 4.78 is 1.84. The Balaban J connectivity index is 2.03. The number of aromatic nitrogens is 2. The third kappa shape index (κ3) is 2.12. The number of nitro benzene ring substituents is 1. The van der Waals surface area contributed by atoms with Crippen LogP contribution in [0.15, 0.2) is 48.8 Å². The Labute approximate surface area is 114 Å². The number of hydrogen-bond acceptors (Lipinski definition) is 4. The summed E-state index contributed by atoms with van der Waals surface area (Å²) in [5.74, 6) is 0. The summed E-state index contributed by atoms with van der Waals surface area (Å²) >= 11 is 0. The van der Waals surface area contributed by atoms with Crippen LogP contribution in [0.25, 0.3) is 16.9 Å². The first-order chi connectivity index (χ1) is 9.67. The first-order valence-corrected chi connectivity index (χ1v) is 6.01. The van der Waals surface area contributed by atoms with Crippen molar-refractivity contribution >= 4 is 11.3 Å². The van der Waals surface area contributed by atoms with Crippen molar-refractivity contribution in [2.75, 3.05) is 0 Å². The molecule has 1 aromatic carbocycles. The lowest BCUT2D eigenvalue weighted by atomic mass is 10.1. The van der Waals surface area contributed by atoms with E-state index < -0.39 is 4.92 Å². The molecule has 0 amide bonds. The first-order valence-electron chi connectivity index (χ1n) is 6.01. The molecule has 0 aliphatic rings. The number of nitrogens with zero attached hydrogens (tertiary/aromatic N) is 3. The Kier molecular flexibility index (Phi) is 2.92. The first kappa shape index (κ1) is 12.3. The van der Waals surface area contributed by atoms with E-state index in [0.29, 0.717) is 0 Å². The standard InChI is InChI=1S/C14H11N3O3/c18-9-10-5-6-16-8-13(15-14(16)7-10)11-1-3-12(4-2-11)17(19)20/h1-8,18H,9H2. The summed E-state index contributed by atoms with van der Waals surface area (Å²) in [6.45, 7) is -0.0315. The van der Waals surface area contributed by atoms with Crippen molar-refractivity contribution < 1.29 is 10.0 Å². The van der Waals surface area contributed by atoms with E-state index in [0.717, 1.165) is 22.5 Å². The number of hydrogen-bond donors (Lipinski definition) is 1. The van der Waals surface area contributed by atoms with E-state index in [2.05, 4.69) is 4.98 Å². The highest BCUT2D eigenvalue weighted by Crippen LogP contribution is 2.22. The third-order valence-electron chi connectivity index (χ3n) is 3.08. The van der Waals surface area contributed by atoms with E-state index >= 15 is 0 Å². The molecular formula is C14H11N3O3. The smallest absolute Gasteiger partial charge is 0.269 e. The Morgan fingerprint density at radius 1 is 1.25 bits per heavy atom. The Hall–Kier alpha value is -2.73. The monoisotopic (exact) mass is 269 g/mol. The molecule has 0 bridgehead atoms. The van der Waals surface area contributed by atoms with Gasteiger partial charge in [0.25, 0.3) is 5.69 Å². The van der Waals surface area contributed by atoms with Gasteiger partial charge in [0.1, 0.15) is 5.65 Å². The van der Waals surface area contributed by atoms with Crippen LogP contribution in [0.2, 0.25) is 0 Å². The van der Waals surface area contributed by atoms with Crippen molar-refractivity contribution in [3.05, 3.63) is 64.5 Å². The fourth-order valence-electron chi connectivity index (χ4n) is 2.02. The minimum absolute atomic E-state index is 0.0315. The lowest BCUT2D eigenvalue weighted by molar-refractivity contribution is -0.384. The average molecular weight is 269 g/mol. The zero-order valence-corrected chi connectivity index (χ0v) is 10.4. The topological polar surface area (TPSA) is 80.7 Å². The highest BCUT2D eigenvalue weighted by molar-refractivity contribution is 5.64. The van der Waals surface area contributed by atoms with Crippen molar-refractivity contribution in [2.45, 2.75) is 6.61 Å². The number of fused-ring (bicyclic) bond motifs is 1. The molecule has 0 radical (unpaired) electrons. The second-order valence-corrected chi connectivity index (χ2v) is 4.39. The van der Waals surface area contributed by atoms with E-state index in [9.17, 15) is 10.1 Å². The minimum Gasteiger partial charge on any atom is -0.392 e. The van der Waals surface area contributed by atoms with Crippen LogP contribution in [0.3, 0.4) is 0 Å². The van der Waals surface area contributed by atoms with Crippen molar-refractivity contribution in [1.82, 2.24) is 9.38 Å². The summed E-state index contributed by atoms with van der Waals surface area (Å²) in [5, 5.41) is 19.7. The molecule has 6 nitrogen and oxygen atoms in total. The van der Waals surface area contributed by atoms with Gasteiger partial charge in [0.05, 0.1) is 17.2 Å². The summed E-state index contributed by atoms with van der Waals surface area (Å²) in [4.78, 5) is 14.6. The van der Waals surface area contributed by atoms with Gasteiger partial charge in [-0.25, -0.2) is 4.98 Å². The summed E-state index contributed by atoms with van der Waals surface area (Å²) in [5.41, 5.74) is 3.11. The Morgan fingerprint density at radius 3 is 2.65 bits per heavy atom. The zero-order valence-electron chi connectivity index (χ0n) is 10.4. The maximum Gasteiger partial charge on any atom is 0.269 e. The highest BCUT2D eigenvalue weighted by Gasteiger charge is 2.08. The van der Waals surface area contributed by atoms with Crippen molar-refractivity contribution in [3.63, 3.8) is 0 Å². The molecule has 0 aliphatic carbocycles. The number of aliphatic hydroxyl groups is 1. The second kappa shape index (κ2) is 4.75. The molecule has 0 saturated carbocycles. The van der Waals surface area contributed by atoms with Gasteiger partial charge in [-0.15, -0.1) is 0 Å². The fourth-order valence-corrected chi connectivity index (χ4v) is 2.02. The summed E-state index contributed by atoms with van der Waals surface area (Å²) in [7, 11) is 0. The minimum atomic E-state index is -0.430. The molecule has 6 heteroatoms. The van der Waals surface area contributed by atoms with Gasteiger partial charge in [-0.3, -0.25) is 10.1 Å². The average Bonchev–Trinajstić information content (AvgIpc) is 2.90. The Morgan fingerprint density at radius 2 is 2.00 bits per heavy atom. The van der Waals surface area contributed by atoms with Gasteiger partial charge >= 0.3 is 0 Å². The van der Waals surface area contributed by atoms with Crippen LogP contribution in [0.1, 0.15) is 5.56 Å². The molecule has 3 rings (SSSR count). The third-order valence-corrected chi connectivity index (χ3v) is 3.08.